The molecule has 1 aromatic carbocycles. The Bertz CT molecular complexity index is 570. The number of nitrogens with zero attached hydrogens (tertiary/aromatic N) is 2. The highest BCUT2D eigenvalue weighted by molar-refractivity contribution is 5.81. The Hall–Kier alpha value is -1.59. The third kappa shape index (κ3) is 4.77. The fourth-order valence-electron chi connectivity index (χ4n) is 4.38. The lowest BCUT2D eigenvalue weighted by atomic mass is 10.0. The average molecular weight is 360 g/mol. The molecule has 144 valence electrons. The predicted octanol–water partition coefficient (Wildman–Crippen LogP) is 2.37. The molecular weight excluding hydrogens is 326 g/mol. The number of nitrogens with one attached hydrogen (secondary N) is 1. The van der Waals surface area contributed by atoms with E-state index in [0.29, 0.717) is 12.0 Å². The van der Waals surface area contributed by atoms with E-state index in [2.05, 4.69) is 29.0 Å². The number of hydrogen-bond acceptors (Lipinski definition) is 4. The van der Waals surface area contributed by atoms with E-state index in [0.717, 1.165) is 44.6 Å². The van der Waals surface area contributed by atoms with Gasteiger partial charge in [0, 0.05) is 32.6 Å². The van der Waals surface area contributed by atoms with E-state index in [1.807, 2.05) is 30.3 Å². The maximum Gasteiger partial charge on any atom is 0.237 e. The van der Waals surface area contributed by atoms with Crippen LogP contribution in [0.5, 0.6) is 5.75 Å². The summed E-state index contributed by atoms with van der Waals surface area (Å²) in [5.74, 6) is 1.72. The molecule has 1 aromatic rings. The van der Waals surface area contributed by atoms with Crippen LogP contribution in [0.3, 0.4) is 0 Å². The van der Waals surface area contributed by atoms with Gasteiger partial charge in [-0.1, -0.05) is 32.0 Å². The molecule has 0 radical (unpaired) electrons. The summed E-state index contributed by atoms with van der Waals surface area (Å²) >= 11 is 0. The largest absolute Gasteiger partial charge is 0.489 e. The van der Waals surface area contributed by atoms with Crippen LogP contribution in [0.25, 0.3) is 0 Å². The van der Waals surface area contributed by atoms with Crippen LogP contribution in [-0.2, 0) is 4.79 Å². The summed E-state index contributed by atoms with van der Waals surface area (Å²) in [5, 5.41) is 2.85. The second-order valence-corrected chi connectivity index (χ2v) is 8.04. The second kappa shape index (κ2) is 8.87. The van der Waals surface area contributed by atoms with Crippen LogP contribution in [0.4, 0.5) is 0 Å². The Labute approximate surface area is 157 Å². The smallest absolute Gasteiger partial charge is 0.237 e. The van der Waals surface area contributed by atoms with E-state index >= 15 is 0 Å². The Balaban J connectivity index is 1.62. The van der Waals surface area contributed by atoms with Crippen molar-refractivity contribution < 1.29 is 9.53 Å². The van der Waals surface area contributed by atoms with E-state index in [4.69, 9.17) is 4.74 Å². The van der Waals surface area contributed by atoms with Crippen molar-refractivity contribution in [2.75, 3.05) is 33.2 Å². The number of para-hydroxylation sites is 1. The van der Waals surface area contributed by atoms with Crippen molar-refractivity contribution in [2.24, 2.45) is 5.92 Å². The number of likely N-dealkylation sites (tertiary alicyclic amines) is 2. The second-order valence-electron chi connectivity index (χ2n) is 8.04. The Kier molecular flexibility index (Phi) is 6.54. The highest BCUT2D eigenvalue weighted by atomic mass is 16.5. The fraction of sp³-hybridized carbons (Fsp3) is 0.667. The average Bonchev–Trinajstić information content (AvgIpc) is 3.06. The molecule has 2 saturated heterocycles. The lowest BCUT2D eigenvalue weighted by Gasteiger charge is -2.39. The minimum absolute atomic E-state index is 0.0737. The van der Waals surface area contributed by atoms with Gasteiger partial charge in [-0.05, 0) is 44.0 Å². The zero-order chi connectivity index (χ0) is 18.5. The normalized spacial score (nSPS) is 25.5. The quantitative estimate of drug-likeness (QED) is 0.847. The lowest BCUT2D eigenvalue weighted by molar-refractivity contribution is -0.126. The van der Waals surface area contributed by atoms with Gasteiger partial charge in [0.05, 0.1) is 6.04 Å². The van der Waals surface area contributed by atoms with Crippen molar-refractivity contribution in [3.05, 3.63) is 30.3 Å². The SMILES string of the molecule is CNC(=O)[C@@H]1C[C@H](Oc2ccccc2)CN1C1CCN(CC(C)C)CC1. The first-order valence-electron chi connectivity index (χ1n) is 9.98. The zero-order valence-corrected chi connectivity index (χ0v) is 16.4. The van der Waals surface area contributed by atoms with Gasteiger partial charge in [0.1, 0.15) is 11.9 Å². The summed E-state index contributed by atoms with van der Waals surface area (Å²) < 4.78 is 6.16. The molecule has 0 unspecified atom stereocenters. The van der Waals surface area contributed by atoms with Crippen LogP contribution >= 0.6 is 0 Å². The molecule has 0 aliphatic carbocycles. The first-order valence-corrected chi connectivity index (χ1v) is 9.98. The summed E-state index contributed by atoms with van der Waals surface area (Å²) in [7, 11) is 1.73. The zero-order valence-electron chi connectivity index (χ0n) is 16.4. The molecule has 2 atom stereocenters. The first-order chi connectivity index (χ1) is 12.6. The van der Waals surface area contributed by atoms with Crippen molar-refractivity contribution in [1.29, 1.82) is 0 Å². The van der Waals surface area contributed by atoms with Gasteiger partial charge in [0.2, 0.25) is 5.91 Å². The van der Waals surface area contributed by atoms with Crippen molar-refractivity contribution in [1.82, 2.24) is 15.1 Å². The molecule has 0 aromatic heterocycles. The van der Waals surface area contributed by atoms with Gasteiger partial charge >= 0.3 is 0 Å². The summed E-state index contributed by atoms with van der Waals surface area (Å²) in [5.41, 5.74) is 0. The highest BCUT2D eigenvalue weighted by Crippen LogP contribution is 2.29. The van der Waals surface area contributed by atoms with Crippen LogP contribution in [0.2, 0.25) is 0 Å². The summed E-state index contributed by atoms with van der Waals surface area (Å²) in [6.07, 6.45) is 3.12. The van der Waals surface area contributed by atoms with Gasteiger partial charge < -0.3 is 15.0 Å². The molecule has 3 rings (SSSR count). The number of rotatable bonds is 6. The summed E-state index contributed by atoms with van der Waals surface area (Å²) in [4.78, 5) is 17.4. The third-order valence-corrected chi connectivity index (χ3v) is 5.55. The van der Waals surface area contributed by atoms with Gasteiger partial charge in [-0.15, -0.1) is 0 Å². The Morgan fingerprint density at radius 3 is 2.54 bits per heavy atom. The number of likely N-dealkylation sites (N-methyl/N-ethyl adjacent to an activating group) is 1. The highest BCUT2D eigenvalue weighted by Gasteiger charge is 2.41. The van der Waals surface area contributed by atoms with Crippen LogP contribution in [0, 0.1) is 5.92 Å². The number of ether oxygens (including phenoxy) is 1. The molecule has 2 aliphatic heterocycles. The standard InChI is InChI=1S/C21H33N3O2/c1-16(2)14-23-11-9-17(10-12-23)24-15-19(13-20(24)21(25)22-3)26-18-7-5-4-6-8-18/h4-8,16-17,19-20H,9-15H2,1-3H3,(H,22,25)/t19-,20-/m0/s1. The molecule has 26 heavy (non-hydrogen) atoms. The van der Waals surface area contributed by atoms with E-state index in [1.54, 1.807) is 7.05 Å². The van der Waals surface area contributed by atoms with Crippen LogP contribution in [0.15, 0.2) is 30.3 Å². The lowest BCUT2D eigenvalue weighted by Crippen LogP contribution is -2.51. The maximum absolute atomic E-state index is 12.5. The van der Waals surface area contributed by atoms with Gasteiger partial charge in [0.15, 0.2) is 0 Å². The molecular formula is C21H33N3O2. The molecule has 0 spiro atoms. The van der Waals surface area contributed by atoms with Crippen LogP contribution in [-0.4, -0.2) is 67.1 Å². The number of carbonyl (C=O) groups is 1. The predicted molar refractivity (Wildman–Crippen MR) is 104 cm³/mol. The van der Waals surface area contributed by atoms with Gasteiger partial charge in [0.25, 0.3) is 0 Å². The number of carbonyl (C=O) groups excluding carboxylic acids is 1. The molecule has 2 heterocycles. The summed E-state index contributed by atoms with van der Waals surface area (Å²) in [6, 6.07) is 10.3. The minimum atomic E-state index is -0.0737. The number of hydrogen-bond donors (Lipinski definition) is 1. The number of benzene rings is 1. The first kappa shape index (κ1) is 19.2. The summed E-state index contributed by atoms with van der Waals surface area (Å²) in [6.45, 7) is 8.82. The molecule has 2 aliphatic rings. The number of amides is 1. The minimum Gasteiger partial charge on any atom is -0.489 e. The van der Waals surface area contributed by atoms with Crippen molar-refractivity contribution in [3.63, 3.8) is 0 Å². The molecule has 2 fully saturated rings. The molecule has 0 bridgehead atoms. The molecule has 1 N–H and O–H groups in total. The molecule has 1 amide bonds. The van der Waals surface area contributed by atoms with Crippen molar-refractivity contribution in [2.45, 2.75) is 51.3 Å². The third-order valence-electron chi connectivity index (χ3n) is 5.55. The van der Waals surface area contributed by atoms with E-state index in [1.165, 1.54) is 6.54 Å². The maximum atomic E-state index is 12.5. The van der Waals surface area contributed by atoms with Crippen LogP contribution in [0.1, 0.15) is 33.1 Å². The monoisotopic (exact) mass is 359 g/mol. The van der Waals surface area contributed by atoms with E-state index in [9.17, 15) is 4.79 Å². The molecule has 5 heteroatoms. The number of piperidine rings is 1. The van der Waals surface area contributed by atoms with Gasteiger partial charge in [-0.2, -0.15) is 0 Å². The van der Waals surface area contributed by atoms with Gasteiger partial charge in [-0.25, -0.2) is 0 Å². The Morgan fingerprint density at radius 2 is 1.92 bits per heavy atom. The molecule has 0 saturated carbocycles. The fourth-order valence-corrected chi connectivity index (χ4v) is 4.38. The topological polar surface area (TPSA) is 44.8 Å². The van der Waals surface area contributed by atoms with Crippen LogP contribution < -0.4 is 10.1 Å². The van der Waals surface area contributed by atoms with Crippen molar-refractivity contribution >= 4 is 5.91 Å². The Morgan fingerprint density at radius 1 is 1.23 bits per heavy atom. The van der Waals surface area contributed by atoms with E-state index < -0.39 is 0 Å². The van der Waals surface area contributed by atoms with E-state index in [-0.39, 0.29) is 18.1 Å². The molecule has 5 nitrogen and oxygen atoms in total. The van der Waals surface area contributed by atoms with Gasteiger partial charge in [-0.3, -0.25) is 9.69 Å². The van der Waals surface area contributed by atoms with Crippen molar-refractivity contribution in [3.8, 4) is 5.75 Å².